The number of hydrogen-bond acceptors (Lipinski definition) is 3. The molecule has 0 radical (unpaired) electrons. The van der Waals surface area contributed by atoms with Gasteiger partial charge in [0.05, 0.1) is 13.5 Å². The Morgan fingerprint density at radius 2 is 2.00 bits per heavy atom. The molecule has 0 aromatic heterocycles. The van der Waals surface area contributed by atoms with Gasteiger partial charge in [-0.1, -0.05) is 23.7 Å². The molecule has 0 spiro atoms. The highest BCUT2D eigenvalue weighted by Gasteiger charge is 2.45. The zero-order valence-corrected chi connectivity index (χ0v) is 12.4. The van der Waals surface area contributed by atoms with Gasteiger partial charge in [0.15, 0.2) is 0 Å². The van der Waals surface area contributed by atoms with E-state index in [2.05, 4.69) is 4.74 Å². The van der Waals surface area contributed by atoms with Crippen LogP contribution in [0.25, 0.3) is 0 Å². The molecule has 1 aromatic carbocycles. The number of ether oxygens (including phenoxy) is 1. The molecule has 1 amide bonds. The van der Waals surface area contributed by atoms with E-state index < -0.39 is 0 Å². The van der Waals surface area contributed by atoms with Gasteiger partial charge in [-0.15, -0.1) is 0 Å². The Morgan fingerprint density at radius 1 is 1.35 bits per heavy atom. The monoisotopic (exact) mass is 295 g/mol. The molecule has 0 saturated heterocycles. The number of amides is 1. The molecule has 0 bridgehead atoms. The van der Waals surface area contributed by atoms with Crippen molar-refractivity contribution in [2.45, 2.75) is 18.8 Å². The summed E-state index contributed by atoms with van der Waals surface area (Å²) in [5.74, 6) is 0.0997. The van der Waals surface area contributed by atoms with Crippen LogP contribution in [0.3, 0.4) is 0 Å². The van der Waals surface area contributed by atoms with Gasteiger partial charge >= 0.3 is 5.97 Å². The molecule has 20 heavy (non-hydrogen) atoms. The smallest absolute Gasteiger partial charge is 0.307 e. The quantitative estimate of drug-likeness (QED) is 0.784. The molecule has 1 aromatic rings. The number of halogens is 1. The lowest BCUT2D eigenvalue weighted by molar-refractivity contribution is -0.141. The first-order chi connectivity index (χ1) is 9.52. The van der Waals surface area contributed by atoms with E-state index in [4.69, 9.17) is 11.6 Å². The second kappa shape index (κ2) is 6.27. The molecule has 0 N–H and O–H groups in total. The minimum absolute atomic E-state index is 0.0267. The first-order valence-electron chi connectivity index (χ1n) is 6.60. The molecule has 4 nitrogen and oxygen atoms in total. The van der Waals surface area contributed by atoms with E-state index in [-0.39, 0.29) is 30.1 Å². The van der Waals surface area contributed by atoms with Crippen LogP contribution in [0.4, 0.5) is 0 Å². The van der Waals surface area contributed by atoms with Crippen LogP contribution in [-0.4, -0.2) is 37.5 Å². The van der Waals surface area contributed by atoms with Crippen LogP contribution in [0, 0.1) is 5.92 Å². The van der Waals surface area contributed by atoms with E-state index in [1.807, 2.05) is 24.3 Å². The molecule has 1 fully saturated rings. The lowest BCUT2D eigenvalue weighted by Gasteiger charge is -2.16. The maximum absolute atomic E-state index is 12.2. The van der Waals surface area contributed by atoms with Crippen molar-refractivity contribution in [2.75, 3.05) is 20.7 Å². The fourth-order valence-corrected chi connectivity index (χ4v) is 2.43. The number of benzene rings is 1. The van der Waals surface area contributed by atoms with Crippen molar-refractivity contribution in [1.82, 2.24) is 4.90 Å². The number of nitrogens with zero attached hydrogens (tertiary/aromatic N) is 1. The van der Waals surface area contributed by atoms with Crippen LogP contribution in [0.2, 0.25) is 5.02 Å². The van der Waals surface area contributed by atoms with E-state index in [9.17, 15) is 9.59 Å². The zero-order valence-electron chi connectivity index (χ0n) is 11.6. The van der Waals surface area contributed by atoms with Crippen LogP contribution in [0.1, 0.15) is 24.3 Å². The first kappa shape index (κ1) is 14.9. The van der Waals surface area contributed by atoms with Gasteiger partial charge in [0.1, 0.15) is 0 Å². The summed E-state index contributed by atoms with van der Waals surface area (Å²) in [6.07, 6.45) is 1.10. The Morgan fingerprint density at radius 3 is 2.60 bits per heavy atom. The minimum atomic E-state index is -0.297. The predicted molar refractivity (Wildman–Crippen MR) is 76.6 cm³/mol. The van der Waals surface area contributed by atoms with Crippen molar-refractivity contribution in [1.29, 1.82) is 0 Å². The first-order valence-corrected chi connectivity index (χ1v) is 6.98. The summed E-state index contributed by atoms with van der Waals surface area (Å²) in [7, 11) is 3.07. The third-order valence-electron chi connectivity index (χ3n) is 3.66. The molecule has 0 heterocycles. The van der Waals surface area contributed by atoms with E-state index in [0.29, 0.717) is 11.6 Å². The number of carbonyl (C=O) groups is 2. The molecule has 1 aliphatic carbocycles. The largest absolute Gasteiger partial charge is 0.469 e. The molecule has 1 saturated carbocycles. The average molecular weight is 296 g/mol. The van der Waals surface area contributed by atoms with Gasteiger partial charge in [0, 0.05) is 24.5 Å². The van der Waals surface area contributed by atoms with Gasteiger partial charge in [0.25, 0.3) is 0 Å². The summed E-state index contributed by atoms with van der Waals surface area (Å²) in [4.78, 5) is 24.9. The topological polar surface area (TPSA) is 46.6 Å². The Labute approximate surface area is 123 Å². The molecule has 1 aliphatic rings. The summed E-state index contributed by atoms with van der Waals surface area (Å²) >= 11 is 5.85. The van der Waals surface area contributed by atoms with E-state index >= 15 is 0 Å². The molecule has 2 atom stereocenters. The molecule has 0 aliphatic heterocycles. The third-order valence-corrected chi connectivity index (χ3v) is 3.91. The fourth-order valence-electron chi connectivity index (χ4n) is 2.30. The number of esters is 1. The molecule has 2 rings (SSSR count). The number of carbonyl (C=O) groups excluding carboxylic acids is 2. The number of hydrogen-bond donors (Lipinski definition) is 0. The molecule has 0 unspecified atom stereocenters. The maximum atomic E-state index is 12.2. The Hall–Kier alpha value is -1.55. The van der Waals surface area contributed by atoms with E-state index in [0.717, 1.165) is 12.0 Å². The predicted octanol–water partition coefficient (Wildman–Crippen LogP) is 2.47. The van der Waals surface area contributed by atoms with Crippen LogP contribution < -0.4 is 0 Å². The van der Waals surface area contributed by atoms with Gasteiger partial charge in [0.2, 0.25) is 5.91 Å². The van der Waals surface area contributed by atoms with Crippen LogP contribution in [0.15, 0.2) is 24.3 Å². The second-order valence-electron chi connectivity index (χ2n) is 5.09. The van der Waals surface area contributed by atoms with Crippen LogP contribution in [-0.2, 0) is 14.3 Å². The van der Waals surface area contributed by atoms with E-state index in [1.165, 1.54) is 7.11 Å². The lowest BCUT2D eigenvalue weighted by Crippen LogP contribution is -2.30. The fraction of sp³-hybridized carbons (Fsp3) is 0.467. The maximum Gasteiger partial charge on any atom is 0.307 e. The molecular formula is C15H18ClNO3. The SMILES string of the molecule is COC(=O)CCN(C)C(=O)[C@@H]1C[C@H]1c1ccc(Cl)cc1. The summed E-state index contributed by atoms with van der Waals surface area (Å²) < 4.78 is 4.57. The highest BCUT2D eigenvalue weighted by atomic mass is 35.5. The van der Waals surface area contributed by atoms with Crippen molar-refractivity contribution in [2.24, 2.45) is 5.92 Å². The van der Waals surface area contributed by atoms with Gasteiger partial charge < -0.3 is 9.64 Å². The van der Waals surface area contributed by atoms with Crippen LogP contribution in [0.5, 0.6) is 0 Å². The van der Waals surface area contributed by atoms with Crippen molar-refractivity contribution in [3.05, 3.63) is 34.9 Å². The molecule has 108 valence electrons. The third kappa shape index (κ3) is 3.51. The average Bonchev–Trinajstić information content (AvgIpc) is 3.24. The van der Waals surface area contributed by atoms with Crippen molar-refractivity contribution < 1.29 is 14.3 Å². The van der Waals surface area contributed by atoms with Crippen LogP contribution >= 0.6 is 11.6 Å². The summed E-state index contributed by atoms with van der Waals surface area (Å²) in [5, 5.41) is 0.701. The number of methoxy groups -OCH3 is 1. The van der Waals surface area contributed by atoms with Gasteiger partial charge in [-0.25, -0.2) is 0 Å². The Balaban J connectivity index is 1.86. The van der Waals surface area contributed by atoms with Gasteiger partial charge in [-0.3, -0.25) is 9.59 Å². The zero-order chi connectivity index (χ0) is 14.7. The summed E-state index contributed by atoms with van der Waals surface area (Å²) in [5.41, 5.74) is 1.15. The van der Waals surface area contributed by atoms with Crippen molar-refractivity contribution in [3.8, 4) is 0 Å². The van der Waals surface area contributed by atoms with Crippen molar-refractivity contribution >= 4 is 23.5 Å². The highest BCUT2D eigenvalue weighted by molar-refractivity contribution is 6.30. The summed E-state index contributed by atoms with van der Waals surface area (Å²) in [6.45, 7) is 0.398. The van der Waals surface area contributed by atoms with E-state index in [1.54, 1.807) is 11.9 Å². The van der Waals surface area contributed by atoms with Gasteiger partial charge in [-0.05, 0) is 30.0 Å². The number of rotatable bonds is 5. The lowest BCUT2D eigenvalue weighted by atomic mass is 10.1. The van der Waals surface area contributed by atoms with Crippen molar-refractivity contribution in [3.63, 3.8) is 0 Å². The minimum Gasteiger partial charge on any atom is -0.469 e. The Kier molecular flexibility index (Phi) is 4.65. The second-order valence-corrected chi connectivity index (χ2v) is 5.52. The highest BCUT2D eigenvalue weighted by Crippen LogP contribution is 2.48. The standard InChI is InChI=1S/C15H18ClNO3/c1-17(8-7-14(18)20-2)15(19)13-9-12(13)10-3-5-11(16)6-4-10/h3-6,12-13H,7-9H2,1-2H3/t12-,13+/m0/s1. The Bertz CT molecular complexity index is 500. The molecular weight excluding hydrogens is 278 g/mol. The molecule has 5 heteroatoms. The van der Waals surface area contributed by atoms with Gasteiger partial charge in [-0.2, -0.15) is 0 Å². The summed E-state index contributed by atoms with van der Waals surface area (Å²) in [6, 6.07) is 7.62. The normalized spacial score (nSPS) is 20.4.